The number of rotatable bonds is 5. The molecule has 0 spiro atoms. The highest BCUT2D eigenvalue weighted by Crippen LogP contribution is 2.27. The van der Waals surface area contributed by atoms with Crippen molar-refractivity contribution in [3.63, 3.8) is 0 Å². The number of aryl methyl sites for hydroxylation is 1. The molecule has 0 aromatic heterocycles. The predicted octanol–water partition coefficient (Wildman–Crippen LogP) is 1.43. The van der Waals surface area contributed by atoms with Crippen molar-refractivity contribution in [3.05, 3.63) is 29.3 Å². The lowest BCUT2D eigenvalue weighted by molar-refractivity contribution is 0.0596. The number of halogens is 1. The summed E-state index contributed by atoms with van der Waals surface area (Å²) in [5.74, 6) is -0.333. The number of hydrogen-bond donors (Lipinski definition) is 1. The first kappa shape index (κ1) is 19.9. The van der Waals surface area contributed by atoms with Crippen molar-refractivity contribution in [2.45, 2.75) is 18.2 Å². The van der Waals surface area contributed by atoms with Gasteiger partial charge in [0.25, 0.3) is 0 Å². The van der Waals surface area contributed by atoms with Crippen LogP contribution in [-0.4, -0.2) is 52.5 Å². The monoisotopic (exact) mass is 362 g/mol. The minimum absolute atomic E-state index is 0. The lowest BCUT2D eigenvalue weighted by Crippen LogP contribution is -2.31. The molecule has 1 saturated heterocycles. The number of esters is 1. The fourth-order valence-electron chi connectivity index (χ4n) is 2.75. The van der Waals surface area contributed by atoms with Gasteiger partial charge in [0.2, 0.25) is 10.0 Å². The molecular formula is C15H23ClN2O4S. The van der Waals surface area contributed by atoms with Crippen LogP contribution < -0.4 is 5.32 Å². The molecule has 130 valence electrons. The van der Waals surface area contributed by atoms with Crippen LogP contribution in [0.3, 0.4) is 0 Å². The Balaban J connectivity index is 0.00000264. The van der Waals surface area contributed by atoms with E-state index in [1.165, 1.54) is 17.5 Å². The summed E-state index contributed by atoms with van der Waals surface area (Å²) in [5.41, 5.74) is 0.911. The molecular weight excluding hydrogens is 340 g/mol. The molecule has 0 aliphatic carbocycles. The van der Waals surface area contributed by atoms with E-state index in [-0.39, 0.29) is 22.9 Å². The average Bonchev–Trinajstić information content (AvgIpc) is 2.96. The molecule has 8 heteroatoms. The zero-order chi connectivity index (χ0) is 16.3. The molecule has 2 rings (SSSR count). The molecule has 6 nitrogen and oxygen atoms in total. The van der Waals surface area contributed by atoms with Gasteiger partial charge in [0.1, 0.15) is 0 Å². The van der Waals surface area contributed by atoms with E-state index in [0.717, 1.165) is 18.5 Å². The molecule has 0 radical (unpaired) electrons. The van der Waals surface area contributed by atoms with Crippen molar-refractivity contribution in [3.8, 4) is 0 Å². The molecule has 0 amide bonds. The van der Waals surface area contributed by atoms with Gasteiger partial charge in [0.15, 0.2) is 0 Å². The SMILES string of the molecule is CNCC1CCN(S(=O)(=O)c2ccc(C)cc2C(=O)OC)C1.Cl. The van der Waals surface area contributed by atoms with E-state index in [1.54, 1.807) is 12.1 Å². The Hall–Kier alpha value is -1.15. The summed E-state index contributed by atoms with van der Waals surface area (Å²) in [6.07, 6.45) is 0.819. The number of ether oxygens (including phenoxy) is 1. The fourth-order valence-corrected chi connectivity index (χ4v) is 4.44. The molecule has 1 heterocycles. The highest BCUT2D eigenvalue weighted by atomic mass is 35.5. The van der Waals surface area contributed by atoms with Crippen LogP contribution in [0.2, 0.25) is 0 Å². The van der Waals surface area contributed by atoms with E-state index < -0.39 is 16.0 Å². The lowest BCUT2D eigenvalue weighted by Gasteiger charge is -2.18. The first-order chi connectivity index (χ1) is 10.4. The van der Waals surface area contributed by atoms with Gasteiger partial charge in [0, 0.05) is 13.1 Å². The topological polar surface area (TPSA) is 75.7 Å². The zero-order valence-electron chi connectivity index (χ0n) is 13.5. The zero-order valence-corrected chi connectivity index (χ0v) is 15.2. The largest absolute Gasteiger partial charge is 0.465 e. The van der Waals surface area contributed by atoms with Crippen molar-refractivity contribution < 1.29 is 17.9 Å². The standard InChI is InChI=1S/C15H22N2O4S.ClH/c1-11-4-5-14(13(8-11)15(18)21-3)22(19,20)17-7-6-12(10-17)9-16-2;/h4-5,8,12,16H,6-7,9-10H2,1-3H3;1H. The summed E-state index contributed by atoms with van der Waals surface area (Å²) >= 11 is 0. The van der Waals surface area contributed by atoms with Crippen LogP contribution in [0, 0.1) is 12.8 Å². The van der Waals surface area contributed by atoms with Crippen molar-refractivity contribution in [2.24, 2.45) is 5.92 Å². The molecule has 1 unspecified atom stereocenters. The van der Waals surface area contributed by atoms with Gasteiger partial charge in [-0.2, -0.15) is 4.31 Å². The van der Waals surface area contributed by atoms with Gasteiger partial charge in [-0.25, -0.2) is 13.2 Å². The quantitative estimate of drug-likeness (QED) is 0.802. The van der Waals surface area contributed by atoms with Crippen LogP contribution in [0.25, 0.3) is 0 Å². The minimum Gasteiger partial charge on any atom is -0.465 e. The third kappa shape index (κ3) is 4.23. The number of nitrogens with one attached hydrogen (secondary N) is 1. The van der Waals surface area contributed by atoms with E-state index in [4.69, 9.17) is 4.74 Å². The lowest BCUT2D eigenvalue weighted by atomic mass is 10.1. The molecule has 1 aliphatic heterocycles. The Bertz CT molecular complexity index is 663. The second kappa shape index (κ2) is 8.10. The Morgan fingerprint density at radius 1 is 1.43 bits per heavy atom. The number of carbonyl (C=O) groups is 1. The van der Waals surface area contributed by atoms with Gasteiger partial charge in [-0.1, -0.05) is 11.6 Å². The Kier molecular flexibility index (Phi) is 7.01. The highest BCUT2D eigenvalue weighted by molar-refractivity contribution is 7.89. The van der Waals surface area contributed by atoms with E-state index in [2.05, 4.69) is 5.32 Å². The number of carbonyl (C=O) groups excluding carboxylic acids is 1. The van der Waals surface area contributed by atoms with Crippen molar-refractivity contribution in [1.82, 2.24) is 9.62 Å². The molecule has 0 bridgehead atoms. The van der Waals surface area contributed by atoms with E-state index >= 15 is 0 Å². The molecule has 1 aliphatic rings. The first-order valence-electron chi connectivity index (χ1n) is 7.24. The van der Waals surface area contributed by atoms with E-state index in [0.29, 0.717) is 19.0 Å². The van der Waals surface area contributed by atoms with Crippen LogP contribution in [0.15, 0.2) is 23.1 Å². The molecule has 1 aromatic rings. The summed E-state index contributed by atoms with van der Waals surface area (Å²) < 4.78 is 31.8. The van der Waals surface area contributed by atoms with Gasteiger partial charge in [0.05, 0.1) is 17.6 Å². The van der Waals surface area contributed by atoms with E-state index in [9.17, 15) is 13.2 Å². The van der Waals surface area contributed by atoms with Crippen LogP contribution in [0.4, 0.5) is 0 Å². The van der Waals surface area contributed by atoms with Crippen molar-refractivity contribution in [1.29, 1.82) is 0 Å². The Labute approximate surface area is 143 Å². The maximum absolute atomic E-state index is 12.8. The van der Waals surface area contributed by atoms with Crippen LogP contribution in [-0.2, 0) is 14.8 Å². The number of methoxy groups -OCH3 is 1. The molecule has 23 heavy (non-hydrogen) atoms. The van der Waals surface area contributed by atoms with Gasteiger partial charge in [-0.3, -0.25) is 0 Å². The van der Waals surface area contributed by atoms with Gasteiger partial charge >= 0.3 is 5.97 Å². The normalized spacial score (nSPS) is 18.5. The summed E-state index contributed by atoms with van der Waals surface area (Å²) in [6, 6.07) is 4.74. The van der Waals surface area contributed by atoms with Gasteiger partial charge in [-0.15, -0.1) is 12.4 Å². The van der Waals surface area contributed by atoms with Crippen LogP contribution in [0.1, 0.15) is 22.3 Å². The van der Waals surface area contributed by atoms with Crippen LogP contribution >= 0.6 is 12.4 Å². The predicted molar refractivity (Wildman–Crippen MR) is 90.6 cm³/mol. The average molecular weight is 363 g/mol. The minimum atomic E-state index is -3.69. The summed E-state index contributed by atoms with van der Waals surface area (Å²) in [5, 5.41) is 3.07. The highest BCUT2D eigenvalue weighted by Gasteiger charge is 2.34. The maximum atomic E-state index is 12.8. The fraction of sp³-hybridized carbons (Fsp3) is 0.533. The maximum Gasteiger partial charge on any atom is 0.339 e. The second-order valence-corrected chi connectivity index (χ2v) is 7.47. The van der Waals surface area contributed by atoms with Crippen molar-refractivity contribution in [2.75, 3.05) is 33.8 Å². The first-order valence-corrected chi connectivity index (χ1v) is 8.68. The number of nitrogens with zero attached hydrogens (tertiary/aromatic N) is 1. The number of hydrogen-bond acceptors (Lipinski definition) is 5. The number of sulfonamides is 1. The van der Waals surface area contributed by atoms with Gasteiger partial charge < -0.3 is 10.1 Å². The second-order valence-electron chi connectivity index (χ2n) is 5.57. The molecule has 1 N–H and O–H groups in total. The van der Waals surface area contributed by atoms with Gasteiger partial charge in [-0.05, 0) is 45.0 Å². The molecule has 1 atom stereocenters. The van der Waals surface area contributed by atoms with Crippen molar-refractivity contribution >= 4 is 28.4 Å². The molecule has 1 aromatic carbocycles. The molecule has 0 saturated carbocycles. The summed E-state index contributed by atoms with van der Waals surface area (Å²) in [6.45, 7) is 3.53. The smallest absolute Gasteiger partial charge is 0.339 e. The van der Waals surface area contributed by atoms with E-state index in [1.807, 2.05) is 14.0 Å². The van der Waals surface area contributed by atoms with Crippen LogP contribution in [0.5, 0.6) is 0 Å². The molecule has 1 fully saturated rings. The Morgan fingerprint density at radius 2 is 2.13 bits per heavy atom. The third-order valence-electron chi connectivity index (χ3n) is 3.90. The summed E-state index contributed by atoms with van der Waals surface area (Å²) in [4.78, 5) is 11.9. The number of benzene rings is 1. The Morgan fingerprint density at radius 3 is 2.74 bits per heavy atom. The summed E-state index contributed by atoms with van der Waals surface area (Å²) in [7, 11) is -0.584. The third-order valence-corrected chi connectivity index (χ3v) is 5.82.